The van der Waals surface area contributed by atoms with Crippen LogP contribution in [0.15, 0.2) is 18.2 Å². The highest BCUT2D eigenvalue weighted by molar-refractivity contribution is 5.59. The first kappa shape index (κ1) is 30.9. The number of unbranched alkanes of at least 4 members (excludes halogenated alkanes) is 6. The average molecular weight is 466 g/mol. The molecule has 1 rings (SSSR count). The van der Waals surface area contributed by atoms with Gasteiger partial charge in [0.2, 0.25) is 0 Å². The minimum Gasteiger partial charge on any atom is -0.434 e. The van der Waals surface area contributed by atoms with Crippen LogP contribution >= 0.6 is 0 Å². The summed E-state index contributed by atoms with van der Waals surface area (Å²) in [6.45, 7) is 14.1. The van der Waals surface area contributed by atoms with E-state index in [1.165, 1.54) is 48.9 Å². The number of para-hydroxylation sites is 1. The quantitative estimate of drug-likeness (QED) is 0.134. The number of likely N-dealkylation sites (N-methyl/N-ethyl adjacent to an activating group) is 1. The highest BCUT2D eigenvalue weighted by Crippen LogP contribution is 2.17. The Hall–Kier alpha value is -2.08. The van der Waals surface area contributed by atoms with Gasteiger partial charge in [0, 0.05) is 12.7 Å². The van der Waals surface area contributed by atoms with Crippen molar-refractivity contribution in [1.29, 1.82) is 0 Å². The number of quaternary nitrogens is 1. The van der Waals surface area contributed by atoms with Crippen LogP contribution < -0.4 is 5.32 Å². The Bertz CT molecular complexity index is 625. The second-order valence-electron chi connectivity index (χ2n) is 8.63. The van der Waals surface area contributed by atoms with Crippen molar-refractivity contribution in [2.24, 2.45) is 0 Å². The van der Waals surface area contributed by atoms with Crippen LogP contribution in [0.2, 0.25) is 0 Å². The van der Waals surface area contributed by atoms with Gasteiger partial charge in [-0.3, -0.25) is 4.79 Å². The van der Waals surface area contributed by atoms with E-state index in [4.69, 9.17) is 9.47 Å². The third-order valence-electron chi connectivity index (χ3n) is 6.29. The van der Waals surface area contributed by atoms with Crippen LogP contribution in [0.25, 0.3) is 0 Å². The third kappa shape index (κ3) is 13.9. The summed E-state index contributed by atoms with van der Waals surface area (Å²) in [7, 11) is 1.95. The van der Waals surface area contributed by atoms with Gasteiger partial charge in [-0.1, -0.05) is 63.6 Å². The van der Waals surface area contributed by atoms with Crippen molar-refractivity contribution >= 4 is 18.1 Å². The van der Waals surface area contributed by atoms with Crippen molar-refractivity contribution in [3.05, 3.63) is 29.3 Å². The molecule has 0 radical (unpaired) electrons. The van der Waals surface area contributed by atoms with Crippen molar-refractivity contribution in [2.45, 2.75) is 79.6 Å². The number of rotatable bonds is 16. The number of carbonyl (C=O) groups is 2. The molecular formula is C27H49N2O4+. The number of aryl methyl sites for hydroxylation is 2. The molecule has 0 unspecified atom stereocenters. The highest BCUT2D eigenvalue weighted by Gasteiger charge is 2.23. The fourth-order valence-corrected chi connectivity index (χ4v) is 3.84. The molecule has 0 saturated heterocycles. The summed E-state index contributed by atoms with van der Waals surface area (Å²) in [5.41, 5.74) is 3.87. The minimum absolute atomic E-state index is 0.297. The molecule has 6 nitrogen and oxygen atoms in total. The van der Waals surface area contributed by atoms with Crippen LogP contribution in [-0.4, -0.2) is 63.4 Å². The molecular weight excluding hydrogens is 416 g/mol. The number of benzene rings is 1. The summed E-state index contributed by atoms with van der Waals surface area (Å²) in [6, 6.07) is 6.29. The Labute approximate surface area is 202 Å². The molecule has 0 heterocycles. The normalized spacial score (nSPS) is 10.7. The molecule has 0 aliphatic carbocycles. The van der Waals surface area contributed by atoms with E-state index in [0.717, 1.165) is 32.2 Å². The Balaban J connectivity index is 0.000000843. The molecule has 6 heteroatoms. The molecule has 190 valence electrons. The Morgan fingerprint density at radius 1 is 0.909 bits per heavy atom. The van der Waals surface area contributed by atoms with Gasteiger partial charge in [0.1, 0.15) is 19.7 Å². The van der Waals surface area contributed by atoms with Crippen LogP contribution in [-0.2, 0) is 14.3 Å². The summed E-state index contributed by atoms with van der Waals surface area (Å²) >= 11 is 0. The maximum absolute atomic E-state index is 11.5. The summed E-state index contributed by atoms with van der Waals surface area (Å²) in [6.07, 6.45) is 8.69. The van der Waals surface area contributed by atoms with E-state index < -0.39 is 6.16 Å². The molecule has 1 aromatic carbocycles. The molecule has 0 atom stereocenters. The van der Waals surface area contributed by atoms with E-state index in [9.17, 15) is 9.59 Å². The predicted octanol–water partition coefficient (Wildman–Crippen LogP) is 6.29. The van der Waals surface area contributed by atoms with Crippen LogP contribution in [0.1, 0.15) is 76.8 Å². The van der Waals surface area contributed by atoms with Gasteiger partial charge < -0.3 is 19.3 Å². The highest BCUT2D eigenvalue weighted by atomic mass is 16.7. The lowest BCUT2D eigenvalue weighted by Crippen LogP contribution is -2.51. The van der Waals surface area contributed by atoms with Crippen molar-refractivity contribution in [3.63, 3.8) is 0 Å². The van der Waals surface area contributed by atoms with Crippen molar-refractivity contribution < 1.29 is 23.5 Å². The van der Waals surface area contributed by atoms with Crippen LogP contribution in [0.5, 0.6) is 0 Å². The van der Waals surface area contributed by atoms with Gasteiger partial charge in [-0.05, 0) is 45.2 Å². The Kier molecular flexibility index (Phi) is 18.2. The predicted molar refractivity (Wildman–Crippen MR) is 138 cm³/mol. The molecule has 1 N–H and O–H groups in total. The summed E-state index contributed by atoms with van der Waals surface area (Å²) < 4.78 is 10.8. The zero-order chi connectivity index (χ0) is 25.0. The first-order valence-corrected chi connectivity index (χ1v) is 12.7. The number of anilines is 1. The van der Waals surface area contributed by atoms with E-state index in [2.05, 4.69) is 44.3 Å². The molecule has 0 aliphatic rings. The lowest BCUT2D eigenvalue weighted by molar-refractivity contribution is -0.916. The van der Waals surface area contributed by atoms with Gasteiger partial charge in [-0.25, -0.2) is 4.79 Å². The molecule has 0 fully saturated rings. The zero-order valence-corrected chi connectivity index (χ0v) is 22.1. The molecule has 33 heavy (non-hydrogen) atoms. The summed E-state index contributed by atoms with van der Waals surface area (Å²) in [5, 5.41) is 3.16. The van der Waals surface area contributed by atoms with E-state index in [-0.39, 0.29) is 0 Å². The lowest BCUT2D eigenvalue weighted by Gasteiger charge is -2.34. The molecule has 0 saturated carbocycles. The average Bonchev–Trinajstić information content (AvgIpc) is 2.81. The van der Waals surface area contributed by atoms with Gasteiger partial charge in [0.05, 0.1) is 19.7 Å². The number of aldehydes is 1. The zero-order valence-electron chi connectivity index (χ0n) is 22.1. The Morgan fingerprint density at radius 3 is 1.94 bits per heavy atom. The van der Waals surface area contributed by atoms with Crippen LogP contribution in [0, 0.1) is 13.8 Å². The van der Waals surface area contributed by atoms with Crippen molar-refractivity contribution in [2.75, 3.05) is 51.8 Å². The first-order valence-electron chi connectivity index (χ1n) is 12.7. The number of carbonyl (C=O) groups excluding carboxylic acids is 2. The summed E-state index contributed by atoms with van der Waals surface area (Å²) in [5.74, 6) is 0. The molecule has 0 aliphatic heterocycles. The van der Waals surface area contributed by atoms with E-state index in [1.54, 1.807) is 0 Å². The van der Waals surface area contributed by atoms with Gasteiger partial charge in [-0.2, -0.15) is 0 Å². The van der Waals surface area contributed by atoms with Crippen molar-refractivity contribution in [1.82, 2.24) is 0 Å². The molecule has 0 bridgehead atoms. The monoisotopic (exact) mass is 465 g/mol. The lowest BCUT2D eigenvalue weighted by atomic mass is 10.1. The maximum Gasteiger partial charge on any atom is 0.508 e. The largest absolute Gasteiger partial charge is 0.508 e. The third-order valence-corrected chi connectivity index (χ3v) is 6.29. The second-order valence-corrected chi connectivity index (χ2v) is 8.63. The van der Waals surface area contributed by atoms with Gasteiger partial charge >= 0.3 is 6.16 Å². The fourth-order valence-electron chi connectivity index (χ4n) is 3.84. The number of hydrogen-bond acceptors (Lipinski definition) is 5. The van der Waals surface area contributed by atoms with E-state index >= 15 is 0 Å². The maximum atomic E-state index is 11.5. The molecule has 0 spiro atoms. The second kappa shape index (κ2) is 19.4. The standard InChI is InChI=1S/C18H36NO4.C9H13N/c1-4-7-8-9-10-11-12-16-22-18(21)23-17-14-19(5-2,6-3)13-15-20;1-7-5-4-6-8(2)9(7)10-3/h15H,4-14,16-17H2,1-3H3;4-6,10H,1-3H3/q+1;. The van der Waals surface area contributed by atoms with E-state index in [0.29, 0.717) is 30.8 Å². The molecule has 1 aromatic rings. The van der Waals surface area contributed by atoms with Gasteiger partial charge in [0.25, 0.3) is 0 Å². The van der Waals surface area contributed by atoms with Gasteiger partial charge in [0.15, 0.2) is 6.29 Å². The number of nitrogens with zero attached hydrogens (tertiary/aromatic N) is 1. The topological polar surface area (TPSA) is 64.6 Å². The van der Waals surface area contributed by atoms with Crippen molar-refractivity contribution in [3.8, 4) is 0 Å². The fraction of sp³-hybridized carbons (Fsp3) is 0.704. The number of hydrogen-bond donors (Lipinski definition) is 1. The van der Waals surface area contributed by atoms with Crippen LogP contribution in [0.4, 0.5) is 10.5 Å². The SMILES string of the molecule is CCCCCCCCCOC(=O)OCC[N+](CC)(CC)CC=O.CNc1c(C)cccc1C. The minimum atomic E-state index is -0.590. The molecule has 0 aromatic heterocycles. The first-order chi connectivity index (χ1) is 15.9. The van der Waals surface area contributed by atoms with Gasteiger partial charge in [-0.15, -0.1) is 0 Å². The smallest absolute Gasteiger partial charge is 0.434 e. The van der Waals surface area contributed by atoms with Crippen LogP contribution in [0.3, 0.4) is 0 Å². The molecule has 0 amide bonds. The number of ether oxygens (including phenoxy) is 2. The Morgan fingerprint density at radius 2 is 1.45 bits per heavy atom. The van der Waals surface area contributed by atoms with E-state index in [1.807, 2.05) is 20.9 Å². The number of nitrogens with one attached hydrogen (secondary N) is 1. The summed E-state index contributed by atoms with van der Waals surface area (Å²) in [4.78, 5) is 22.3.